The first-order chi connectivity index (χ1) is 20.0. The van der Waals surface area contributed by atoms with Crippen LogP contribution in [-0.2, 0) is 21.8 Å². The molecule has 5 rings (SSSR count). The molecule has 11 heteroatoms. The van der Waals surface area contributed by atoms with Gasteiger partial charge in [0.15, 0.2) is 11.2 Å². The fourth-order valence-corrected chi connectivity index (χ4v) is 7.05. The number of fused-ring (bicyclic) bond motifs is 1. The maximum absolute atomic E-state index is 13.2. The maximum Gasteiger partial charge on any atom is 0.251 e. The monoisotopic (exact) mass is 594 g/mol. The van der Waals surface area contributed by atoms with Crippen molar-refractivity contribution in [3.05, 3.63) is 59.1 Å². The maximum atomic E-state index is 13.2. The summed E-state index contributed by atoms with van der Waals surface area (Å²) in [6.07, 6.45) is -1.52. The van der Waals surface area contributed by atoms with E-state index in [0.717, 1.165) is 35.1 Å². The Morgan fingerprint density at radius 1 is 1.02 bits per heavy atom. The van der Waals surface area contributed by atoms with E-state index in [2.05, 4.69) is 40.0 Å². The number of sulfonamides is 1. The van der Waals surface area contributed by atoms with Crippen LogP contribution in [0, 0.1) is 17.2 Å². The molecule has 10 nitrogen and oxygen atoms in total. The highest BCUT2D eigenvalue weighted by molar-refractivity contribution is 7.93. The molecule has 3 heterocycles. The number of aliphatic hydroxyl groups excluding tert-OH is 3. The van der Waals surface area contributed by atoms with Crippen molar-refractivity contribution in [1.29, 1.82) is 5.26 Å². The molecule has 0 amide bonds. The van der Waals surface area contributed by atoms with Gasteiger partial charge < -0.3 is 29.5 Å². The van der Waals surface area contributed by atoms with Gasteiger partial charge in [0.05, 0.1) is 6.10 Å². The standard InChI is InChI=1S/C31H38N4O6S/c1-19(28(17-32)42(39,40)33-18-27-30(37)29(36)20(2)31(38)41-27)25-11-12-26(34(25)3)23-8-7-22-16-24(10-9-21(22)15-23)35-13-5-4-6-14-35/h7-12,15-16,20,27,29-31,33,36-38H,4-6,13-14,18H2,1-3H3/b28-19+/t20-,27-,29-,30-,31?/m1/s1. The topological polar surface area (TPSA) is 148 Å². The van der Waals surface area contributed by atoms with Crippen molar-refractivity contribution in [3.8, 4) is 17.3 Å². The first kappa shape index (κ1) is 30.2. The normalized spacial score (nSPS) is 25.7. The molecule has 2 aromatic carbocycles. The molecule has 0 bridgehead atoms. The number of aliphatic hydroxyl groups is 3. The van der Waals surface area contributed by atoms with Crippen molar-refractivity contribution in [3.63, 3.8) is 0 Å². The number of anilines is 1. The van der Waals surface area contributed by atoms with Crippen LogP contribution in [0.5, 0.6) is 0 Å². The number of ether oxygens (including phenoxy) is 1. The van der Waals surface area contributed by atoms with Gasteiger partial charge in [0.25, 0.3) is 10.0 Å². The van der Waals surface area contributed by atoms with Crippen molar-refractivity contribution >= 4 is 32.1 Å². The van der Waals surface area contributed by atoms with Crippen LogP contribution < -0.4 is 9.62 Å². The molecule has 1 unspecified atom stereocenters. The van der Waals surface area contributed by atoms with Gasteiger partial charge >= 0.3 is 0 Å². The summed E-state index contributed by atoms with van der Waals surface area (Å²) in [6, 6.07) is 18.3. The number of nitriles is 1. The van der Waals surface area contributed by atoms with E-state index in [1.807, 2.05) is 23.7 Å². The van der Waals surface area contributed by atoms with Crippen molar-refractivity contribution in [2.45, 2.75) is 57.7 Å². The molecule has 0 spiro atoms. The minimum Gasteiger partial charge on any atom is -0.390 e. The van der Waals surface area contributed by atoms with E-state index in [1.165, 1.54) is 31.9 Å². The summed E-state index contributed by atoms with van der Waals surface area (Å²) in [5.74, 6) is -0.740. The highest BCUT2D eigenvalue weighted by atomic mass is 32.2. The number of rotatable bonds is 7. The summed E-state index contributed by atoms with van der Waals surface area (Å²) in [5, 5.41) is 42.5. The minimum absolute atomic E-state index is 0.254. The summed E-state index contributed by atoms with van der Waals surface area (Å²) < 4.78 is 35.8. The third-order valence-electron chi connectivity index (χ3n) is 8.57. The number of allylic oxidation sites excluding steroid dienone is 2. The van der Waals surface area contributed by atoms with Gasteiger partial charge in [-0.1, -0.05) is 25.1 Å². The lowest BCUT2D eigenvalue weighted by molar-refractivity contribution is -0.257. The lowest BCUT2D eigenvalue weighted by Crippen LogP contribution is -2.56. The first-order valence-corrected chi connectivity index (χ1v) is 15.8. The summed E-state index contributed by atoms with van der Waals surface area (Å²) in [6.45, 7) is 4.82. The predicted octanol–water partition coefficient (Wildman–Crippen LogP) is 3.08. The molecule has 42 heavy (non-hydrogen) atoms. The van der Waals surface area contributed by atoms with Crippen LogP contribution >= 0.6 is 0 Å². The average molecular weight is 595 g/mol. The lowest BCUT2D eigenvalue weighted by atomic mass is 9.92. The summed E-state index contributed by atoms with van der Waals surface area (Å²) in [4.78, 5) is 1.96. The highest BCUT2D eigenvalue weighted by Gasteiger charge is 2.42. The van der Waals surface area contributed by atoms with Crippen LogP contribution in [0.1, 0.15) is 38.8 Å². The fraction of sp³-hybridized carbons (Fsp3) is 0.452. The molecule has 2 aliphatic heterocycles. The predicted molar refractivity (Wildman–Crippen MR) is 162 cm³/mol. The first-order valence-electron chi connectivity index (χ1n) is 14.3. The van der Waals surface area contributed by atoms with Gasteiger partial charge in [0, 0.05) is 55.2 Å². The molecule has 2 aliphatic rings. The van der Waals surface area contributed by atoms with Gasteiger partial charge in [-0.05, 0) is 72.9 Å². The van der Waals surface area contributed by atoms with E-state index in [1.54, 1.807) is 19.1 Å². The van der Waals surface area contributed by atoms with Gasteiger partial charge in [-0.15, -0.1) is 0 Å². The van der Waals surface area contributed by atoms with Crippen LogP contribution in [0.4, 0.5) is 5.69 Å². The zero-order valence-electron chi connectivity index (χ0n) is 24.1. The van der Waals surface area contributed by atoms with Crippen LogP contribution in [-0.4, -0.2) is 72.5 Å². The molecular weight excluding hydrogens is 556 g/mol. The molecular formula is C31H38N4O6S. The molecule has 1 aromatic heterocycles. The zero-order valence-corrected chi connectivity index (χ0v) is 24.9. The van der Waals surface area contributed by atoms with E-state index >= 15 is 0 Å². The molecule has 0 aliphatic carbocycles. The molecule has 0 radical (unpaired) electrons. The van der Waals surface area contributed by atoms with E-state index in [-0.39, 0.29) is 5.57 Å². The van der Waals surface area contributed by atoms with Crippen molar-refractivity contribution in [2.75, 3.05) is 24.5 Å². The van der Waals surface area contributed by atoms with Gasteiger partial charge in [-0.25, -0.2) is 13.1 Å². The van der Waals surface area contributed by atoms with E-state index in [9.17, 15) is 29.0 Å². The number of nitrogens with one attached hydrogen (secondary N) is 1. The smallest absolute Gasteiger partial charge is 0.251 e. The van der Waals surface area contributed by atoms with Crippen LogP contribution in [0.2, 0.25) is 0 Å². The molecule has 5 atom stereocenters. The Morgan fingerprint density at radius 3 is 2.43 bits per heavy atom. The quantitative estimate of drug-likeness (QED) is 0.305. The Morgan fingerprint density at radius 2 is 1.71 bits per heavy atom. The molecule has 2 saturated heterocycles. The highest BCUT2D eigenvalue weighted by Crippen LogP contribution is 2.32. The van der Waals surface area contributed by atoms with Gasteiger partial charge in [0.2, 0.25) is 0 Å². The molecule has 224 valence electrons. The largest absolute Gasteiger partial charge is 0.390 e. The van der Waals surface area contributed by atoms with Crippen LogP contribution in [0.15, 0.2) is 53.4 Å². The zero-order chi connectivity index (χ0) is 30.2. The second kappa shape index (κ2) is 12.2. The van der Waals surface area contributed by atoms with Crippen LogP contribution in [0.25, 0.3) is 27.6 Å². The van der Waals surface area contributed by atoms with Crippen molar-refractivity contribution in [1.82, 2.24) is 9.29 Å². The Kier molecular flexibility index (Phi) is 8.76. The van der Waals surface area contributed by atoms with Crippen molar-refractivity contribution in [2.24, 2.45) is 13.0 Å². The number of benzene rings is 2. The second-order valence-electron chi connectivity index (χ2n) is 11.3. The molecule has 2 fully saturated rings. The molecule has 3 aromatic rings. The average Bonchev–Trinajstić information content (AvgIpc) is 3.38. The summed E-state index contributed by atoms with van der Waals surface area (Å²) in [7, 11) is -2.49. The minimum atomic E-state index is -4.31. The SMILES string of the molecule is C/C(=C(/C#N)S(=O)(=O)NC[C@H]1OC(O)[C@H](C)[C@@H](O)[C@@H]1O)c1ccc(-c2ccc3cc(N4CCCCC4)ccc3c2)n1C. The molecule has 4 N–H and O–H groups in total. The Labute approximate surface area is 246 Å². The van der Waals surface area contributed by atoms with Crippen LogP contribution in [0.3, 0.4) is 0 Å². The summed E-state index contributed by atoms with van der Waals surface area (Å²) in [5.41, 5.74) is 3.88. The van der Waals surface area contributed by atoms with E-state index in [4.69, 9.17) is 4.74 Å². The number of nitrogens with zero attached hydrogens (tertiary/aromatic N) is 3. The Hall–Kier alpha value is -3.24. The number of hydrogen-bond donors (Lipinski definition) is 4. The number of piperidine rings is 1. The number of aromatic nitrogens is 1. The van der Waals surface area contributed by atoms with Gasteiger partial charge in [-0.3, -0.25) is 0 Å². The van der Waals surface area contributed by atoms with Crippen molar-refractivity contribution < 1.29 is 28.5 Å². The third-order valence-corrected chi connectivity index (χ3v) is 10.0. The molecule has 0 saturated carbocycles. The Bertz CT molecular complexity index is 1640. The van der Waals surface area contributed by atoms with E-state index in [0.29, 0.717) is 5.69 Å². The van der Waals surface area contributed by atoms with Gasteiger partial charge in [0.1, 0.15) is 18.3 Å². The van der Waals surface area contributed by atoms with E-state index < -0.39 is 52.0 Å². The second-order valence-corrected chi connectivity index (χ2v) is 13.0. The Balaban J connectivity index is 1.37. The fourth-order valence-electron chi connectivity index (χ4n) is 5.90. The number of hydrogen-bond acceptors (Lipinski definition) is 8. The lowest BCUT2D eigenvalue weighted by Gasteiger charge is -2.39. The van der Waals surface area contributed by atoms with Gasteiger partial charge in [-0.2, -0.15) is 5.26 Å². The summed E-state index contributed by atoms with van der Waals surface area (Å²) >= 11 is 0. The third kappa shape index (κ3) is 5.83.